The van der Waals surface area contributed by atoms with E-state index in [9.17, 15) is 9.90 Å². The Bertz CT molecular complexity index is 595. The lowest BCUT2D eigenvalue weighted by molar-refractivity contribution is -0.122. The number of aliphatic hydroxyl groups is 1. The average Bonchev–Trinajstić information content (AvgIpc) is 3.03. The molecule has 7 heteroatoms. The average molecular weight is 336 g/mol. The maximum atomic E-state index is 12.4. The molecule has 7 nitrogen and oxygen atoms in total. The van der Waals surface area contributed by atoms with Gasteiger partial charge >= 0.3 is 0 Å². The fourth-order valence-electron chi connectivity index (χ4n) is 3.92. The molecular weight excluding hydrogens is 308 g/mol. The van der Waals surface area contributed by atoms with Gasteiger partial charge in [0.15, 0.2) is 0 Å². The predicted octanol–water partition coefficient (Wildman–Crippen LogP) is -0.0803. The first kappa shape index (κ1) is 17.4. The van der Waals surface area contributed by atoms with Crippen molar-refractivity contribution in [1.29, 1.82) is 0 Å². The highest BCUT2D eigenvalue weighted by atomic mass is 16.5. The third-order valence-corrected chi connectivity index (χ3v) is 5.44. The van der Waals surface area contributed by atoms with Gasteiger partial charge in [0, 0.05) is 37.4 Å². The fraction of sp³-hybridized carbons (Fsp3) is 0.765. The van der Waals surface area contributed by atoms with Gasteiger partial charge in [-0.05, 0) is 26.7 Å². The molecule has 2 N–H and O–H groups in total. The Morgan fingerprint density at radius 2 is 2.04 bits per heavy atom. The van der Waals surface area contributed by atoms with Gasteiger partial charge in [-0.25, -0.2) is 0 Å². The number of aliphatic hydroxyl groups excluding tert-OH is 1. The Hall–Kier alpha value is -1.44. The van der Waals surface area contributed by atoms with E-state index in [1.807, 2.05) is 20.9 Å². The molecule has 1 aliphatic carbocycles. The van der Waals surface area contributed by atoms with E-state index in [1.54, 1.807) is 4.68 Å². The molecule has 3 atom stereocenters. The smallest absolute Gasteiger partial charge is 0.224 e. The van der Waals surface area contributed by atoms with E-state index in [0.29, 0.717) is 6.42 Å². The van der Waals surface area contributed by atoms with E-state index in [-0.39, 0.29) is 18.0 Å². The third kappa shape index (κ3) is 3.48. The van der Waals surface area contributed by atoms with Crippen molar-refractivity contribution in [3.8, 4) is 0 Å². The standard InChI is InChI=1S/C17H28N4O3/c1-11-13(12(2)20(3)19-11)10-16(22)18-14-4-5-15(17(14)23)21-6-8-24-9-7-21/h14-15,17,23H,4-10H2,1-3H3,(H,18,22)/t14-,15-,17-/m1/s1. The molecule has 1 saturated heterocycles. The quantitative estimate of drug-likeness (QED) is 0.804. The van der Waals surface area contributed by atoms with E-state index in [1.165, 1.54) is 0 Å². The van der Waals surface area contributed by atoms with Crippen molar-refractivity contribution in [3.05, 3.63) is 17.0 Å². The van der Waals surface area contributed by atoms with E-state index in [2.05, 4.69) is 15.3 Å². The van der Waals surface area contributed by atoms with E-state index in [4.69, 9.17) is 4.74 Å². The summed E-state index contributed by atoms with van der Waals surface area (Å²) >= 11 is 0. The van der Waals surface area contributed by atoms with Crippen molar-refractivity contribution in [2.24, 2.45) is 7.05 Å². The minimum Gasteiger partial charge on any atom is -0.389 e. The van der Waals surface area contributed by atoms with Crippen LogP contribution in [0.1, 0.15) is 29.8 Å². The van der Waals surface area contributed by atoms with Crippen molar-refractivity contribution in [2.45, 2.75) is 51.3 Å². The van der Waals surface area contributed by atoms with Gasteiger partial charge in [-0.2, -0.15) is 5.10 Å². The van der Waals surface area contributed by atoms with Crippen LogP contribution in [0.25, 0.3) is 0 Å². The zero-order valence-electron chi connectivity index (χ0n) is 14.8. The summed E-state index contributed by atoms with van der Waals surface area (Å²) in [6.45, 7) is 7.06. The Labute approximate surface area is 143 Å². The number of nitrogens with one attached hydrogen (secondary N) is 1. The van der Waals surface area contributed by atoms with Crippen molar-refractivity contribution in [3.63, 3.8) is 0 Å². The Morgan fingerprint density at radius 1 is 1.33 bits per heavy atom. The Balaban J connectivity index is 1.57. The molecule has 1 aliphatic heterocycles. The van der Waals surface area contributed by atoms with Crippen molar-refractivity contribution >= 4 is 5.91 Å². The minimum absolute atomic E-state index is 0.0409. The lowest BCUT2D eigenvalue weighted by Crippen LogP contribution is -2.51. The van der Waals surface area contributed by atoms with Gasteiger partial charge in [-0.15, -0.1) is 0 Å². The van der Waals surface area contributed by atoms with Crippen LogP contribution in [-0.2, 0) is 23.0 Å². The number of carbonyl (C=O) groups is 1. The summed E-state index contributed by atoms with van der Waals surface area (Å²) in [5, 5.41) is 18.0. The zero-order chi connectivity index (χ0) is 17.3. The summed E-state index contributed by atoms with van der Waals surface area (Å²) in [5.74, 6) is -0.0409. The Morgan fingerprint density at radius 3 is 2.67 bits per heavy atom. The maximum Gasteiger partial charge on any atom is 0.224 e. The largest absolute Gasteiger partial charge is 0.389 e. The molecule has 2 fully saturated rings. The molecule has 0 bridgehead atoms. The van der Waals surface area contributed by atoms with Gasteiger partial charge in [0.2, 0.25) is 5.91 Å². The molecule has 24 heavy (non-hydrogen) atoms. The van der Waals surface area contributed by atoms with Crippen LogP contribution in [-0.4, -0.2) is 70.2 Å². The summed E-state index contributed by atoms with van der Waals surface area (Å²) in [7, 11) is 1.89. The highest BCUT2D eigenvalue weighted by Crippen LogP contribution is 2.26. The van der Waals surface area contributed by atoms with Crippen LogP contribution in [0.2, 0.25) is 0 Å². The van der Waals surface area contributed by atoms with Crippen molar-refractivity contribution in [1.82, 2.24) is 20.0 Å². The number of amides is 1. The van der Waals surface area contributed by atoms with Crippen LogP contribution in [0, 0.1) is 13.8 Å². The van der Waals surface area contributed by atoms with E-state index in [0.717, 1.165) is 56.1 Å². The second-order valence-electron chi connectivity index (χ2n) is 6.91. The molecule has 0 radical (unpaired) electrons. The molecular formula is C17H28N4O3. The van der Waals surface area contributed by atoms with E-state index < -0.39 is 6.10 Å². The molecule has 1 aromatic heterocycles. The van der Waals surface area contributed by atoms with Crippen LogP contribution >= 0.6 is 0 Å². The Kier molecular flexibility index (Phi) is 5.22. The predicted molar refractivity (Wildman–Crippen MR) is 89.7 cm³/mol. The molecule has 1 saturated carbocycles. The van der Waals surface area contributed by atoms with Gasteiger partial charge in [-0.1, -0.05) is 0 Å². The molecule has 0 unspecified atom stereocenters. The highest BCUT2D eigenvalue weighted by molar-refractivity contribution is 5.79. The van der Waals surface area contributed by atoms with Gasteiger partial charge < -0.3 is 15.2 Å². The molecule has 1 amide bonds. The number of nitrogens with zero attached hydrogens (tertiary/aromatic N) is 3. The van der Waals surface area contributed by atoms with Crippen LogP contribution in [0.4, 0.5) is 0 Å². The molecule has 0 aromatic carbocycles. The second-order valence-corrected chi connectivity index (χ2v) is 6.91. The number of morpholine rings is 1. The third-order valence-electron chi connectivity index (χ3n) is 5.44. The van der Waals surface area contributed by atoms with Crippen LogP contribution in [0.5, 0.6) is 0 Å². The number of aryl methyl sites for hydroxylation is 2. The number of hydrogen-bond acceptors (Lipinski definition) is 5. The first-order valence-corrected chi connectivity index (χ1v) is 8.75. The molecule has 0 spiro atoms. The number of ether oxygens (including phenoxy) is 1. The van der Waals surface area contributed by atoms with Crippen molar-refractivity contribution in [2.75, 3.05) is 26.3 Å². The summed E-state index contributed by atoms with van der Waals surface area (Å²) in [6.07, 6.45) is 1.54. The number of aromatic nitrogens is 2. The molecule has 3 rings (SSSR count). The number of hydrogen-bond donors (Lipinski definition) is 2. The first-order chi connectivity index (χ1) is 11.5. The highest BCUT2D eigenvalue weighted by Gasteiger charge is 2.39. The van der Waals surface area contributed by atoms with Crippen LogP contribution in [0.3, 0.4) is 0 Å². The molecule has 2 heterocycles. The van der Waals surface area contributed by atoms with Crippen molar-refractivity contribution < 1.29 is 14.6 Å². The summed E-state index contributed by atoms with van der Waals surface area (Å²) in [4.78, 5) is 14.7. The number of carbonyl (C=O) groups excluding carboxylic acids is 1. The summed E-state index contributed by atoms with van der Waals surface area (Å²) < 4.78 is 7.18. The topological polar surface area (TPSA) is 79.6 Å². The van der Waals surface area contributed by atoms with Crippen LogP contribution in [0.15, 0.2) is 0 Å². The molecule has 2 aliphatic rings. The van der Waals surface area contributed by atoms with Gasteiger partial charge in [-0.3, -0.25) is 14.4 Å². The number of rotatable bonds is 4. The summed E-state index contributed by atoms with van der Waals surface area (Å²) in [6, 6.07) is -0.0382. The molecule has 134 valence electrons. The second kappa shape index (κ2) is 7.21. The van der Waals surface area contributed by atoms with Gasteiger partial charge in [0.1, 0.15) is 0 Å². The lowest BCUT2D eigenvalue weighted by Gasteiger charge is -2.34. The SMILES string of the molecule is Cc1nn(C)c(C)c1CC(=O)N[C@@H]1CC[C@@H](N2CCOCC2)[C@@H]1O. The van der Waals surface area contributed by atoms with Gasteiger partial charge in [0.05, 0.1) is 37.5 Å². The fourth-order valence-corrected chi connectivity index (χ4v) is 3.92. The lowest BCUT2D eigenvalue weighted by atomic mass is 10.1. The summed E-state index contributed by atoms with van der Waals surface area (Å²) in [5.41, 5.74) is 2.89. The minimum atomic E-state index is -0.511. The van der Waals surface area contributed by atoms with E-state index >= 15 is 0 Å². The first-order valence-electron chi connectivity index (χ1n) is 8.75. The maximum absolute atomic E-state index is 12.4. The monoisotopic (exact) mass is 336 g/mol. The zero-order valence-corrected chi connectivity index (χ0v) is 14.8. The molecule has 1 aromatic rings. The van der Waals surface area contributed by atoms with Gasteiger partial charge in [0.25, 0.3) is 0 Å². The van der Waals surface area contributed by atoms with Crippen LogP contribution < -0.4 is 5.32 Å². The normalized spacial score (nSPS) is 28.2.